The molecule has 3 heterocycles. The third kappa shape index (κ3) is 4.09. The van der Waals surface area contributed by atoms with E-state index in [1.54, 1.807) is 41.5 Å². The van der Waals surface area contributed by atoms with E-state index in [9.17, 15) is 19.5 Å². The molecule has 9 heteroatoms. The maximum Gasteiger partial charge on any atom is 0.326 e. The number of likely N-dealkylation sites (tertiary alicyclic amines) is 1. The second-order valence-electron chi connectivity index (χ2n) is 8.10. The fraction of sp³-hybridized carbons (Fsp3) is 0.667. The first kappa shape index (κ1) is 22.7. The van der Waals surface area contributed by atoms with Crippen molar-refractivity contribution in [2.45, 2.75) is 64.2 Å². The average molecular weight is 438 g/mol. The van der Waals surface area contributed by atoms with Gasteiger partial charge in [-0.15, -0.1) is 0 Å². The molecule has 0 saturated carbocycles. The average Bonchev–Trinajstić information content (AvgIpc) is 3.18. The van der Waals surface area contributed by atoms with E-state index < -0.39 is 17.7 Å². The first-order chi connectivity index (χ1) is 14.2. The molecule has 2 N–H and O–H groups in total. The number of carbonyl (C=O) groups excluding carboxylic acids is 2. The maximum absolute atomic E-state index is 13.2. The van der Waals surface area contributed by atoms with Crippen LogP contribution in [0.1, 0.15) is 54.5 Å². The Morgan fingerprint density at radius 1 is 1.37 bits per heavy atom. The molecule has 8 nitrogen and oxygen atoms in total. The topological polar surface area (TPSA) is 103 Å². The highest BCUT2D eigenvalue weighted by atomic mass is 32.2. The molecular formula is C21H31N3O5S. The highest BCUT2D eigenvalue weighted by Gasteiger charge is 2.55. The van der Waals surface area contributed by atoms with Crippen LogP contribution < -0.4 is 5.32 Å². The number of carbonyl (C=O) groups is 3. The number of amides is 2. The van der Waals surface area contributed by atoms with Crippen LogP contribution in [0.25, 0.3) is 0 Å². The molecule has 3 rings (SSSR count). The molecule has 2 atom stereocenters. The molecule has 0 aliphatic carbocycles. The van der Waals surface area contributed by atoms with Gasteiger partial charge in [0.1, 0.15) is 17.6 Å². The Morgan fingerprint density at radius 2 is 2.03 bits per heavy atom. The van der Waals surface area contributed by atoms with Crippen LogP contribution in [0, 0.1) is 13.8 Å². The van der Waals surface area contributed by atoms with Crippen molar-refractivity contribution in [2.75, 3.05) is 25.1 Å². The number of hydrogen-bond donors (Lipinski definition) is 2. The quantitative estimate of drug-likeness (QED) is 0.674. The second-order valence-corrected chi connectivity index (χ2v) is 9.09. The zero-order valence-corrected chi connectivity index (χ0v) is 18.9. The van der Waals surface area contributed by atoms with E-state index in [2.05, 4.69) is 5.32 Å². The van der Waals surface area contributed by atoms with Gasteiger partial charge in [0, 0.05) is 25.9 Å². The number of carboxylic acid groups (broad SMARTS) is 1. The van der Waals surface area contributed by atoms with E-state index >= 15 is 0 Å². The summed E-state index contributed by atoms with van der Waals surface area (Å²) < 4.78 is 5.49. The molecule has 1 aromatic rings. The Balaban J connectivity index is 1.81. The van der Waals surface area contributed by atoms with Crippen LogP contribution in [0.5, 0.6) is 0 Å². The van der Waals surface area contributed by atoms with Gasteiger partial charge < -0.3 is 19.3 Å². The lowest BCUT2D eigenvalue weighted by Crippen LogP contribution is -2.63. The molecule has 2 aliphatic heterocycles. The van der Waals surface area contributed by atoms with Gasteiger partial charge in [0.05, 0.1) is 17.3 Å². The molecular weight excluding hydrogens is 406 g/mol. The van der Waals surface area contributed by atoms with Gasteiger partial charge in [-0.05, 0) is 44.8 Å². The number of nitrogens with one attached hydrogen (secondary N) is 1. The number of aryl methyl sites for hydroxylation is 2. The summed E-state index contributed by atoms with van der Waals surface area (Å²) in [6, 6.07) is 0.499. The largest absolute Gasteiger partial charge is 0.480 e. The van der Waals surface area contributed by atoms with Crippen LogP contribution in [0.4, 0.5) is 0 Å². The molecule has 2 unspecified atom stereocenters. The summed E-state index contributed by atoms with van der Waals surface area (Å²) in [5.41, 5.74) is -0.164. The van der Waals surface area contributed by atoms with Crippen molar-refractivity contribution in [2.24, 2.45) is 0 Å². The molecule has 30 heavy (non-hydrogen) atoms. The van der Waals surface area contributed by atoms with Crippen LogP contribution in [0.3, 0.4) is 0 Å². The van der Waals surface area contributed by atoms with Crippen LogP contribution in [-0.4, -0.2) is 75.5 Å². The van der Waals surface area contributed by atoms with Crippen molar-refractivity contribution in [1.29, 1.82) is 0 Å². The molecule has 1 spiro atoms. The molecule has 0 bridgehead atoms. The first-order valence-corrected chi connectivity index (χ1v) is 11.8. The zero-order chi connectivity index (χ0) is 22.1. The smallest absolute Gasteiger partial charge is 0.326 e. The predicted octanol–water partition coefficient (Wildman–Crippen LogP) is 2.25. The molecule has 2 fully saturated rings. The van der Waals surface area contributed by atoms with Crippen molar-refractivity contribution < 1.29 is 23.9 Å². The van der Waals surface area contributed by atoms with Crippen LogP contribution in [-0.2, 0) is 9.59 Å². The van der Waals surface area contributed by atoms with Gasteiger partial charge in [0.2, 0.25) is 5.91 Å². The Morgan fingerprint density at radius 3 is 2.53 bits per heavy atom. The monoisotopic (exact) mass is 437 g/mol. The molecule has 2 saturated heterocycles. The molecule has 0 aromatic carbocycles. The number of nitrogens with zero attached hydrogens (tertiary/aromatic N) is 2. The fourth-order valence-electron chi connectivity index (χ4n) is 4.66. The Labute approximate surface area is 181 Å². The molecule has 166 valence electrons. The summed E-state index contributed by atoms with van der Waals surface area (Å²) >= 11 is 1.66. The van der Waals surface area contributed by atoms with E-state index in [0.717, 1.165) is 5.75 Å². The summed E-state index contributed by atoms with van der Waals surface area (Å²) in [5, 5.41) is 13.2. The van der Waals surface area contributed by atoms with E-state index in [-0.39, 0.29) is 17.9 Å². The van der Waals surface area contributed by atoms with Gasteiger partial charge in [-0.2, -0.15) is 11.8 Å². The van der Waals surface area contributed by atoms with Crippen molar-refractivity contribution >= 4 is 29.5 Å². The van der Waals surface area contributed by atoms with E-state index in [1.807, 2.05) is 13.2 Å². The fourth-order valence-corrected chi connectivity index (χ4v) is 5.14. The van der Waals surface area contributed by atoms with Crippen LogP contribution in [0.2, 0.25) is 0 Å². The number of aliphatic carboxylic acids is 1. The summed E-state index contributed by atoms with van der Waals surface area (Å²) in [7, 11) is 0. The minimum absolute atomic E-state index is 0.0840. The van der Waals surface area contributed by atoms with E-state index in [4.69, 9.17) is 4.42 Å². The Kier molecular flexibility index (Phi) is 6.81. The van der Waals surface area contributed by atoms with Gasteiger partial charge >= 0.3 is 5.97 Å². The number of hydrogen-bond acceptors (Lipinski definition) is 6. The van der Waals surface area contributed by atoms with Gasteiger partial charge in [0.15, 0.2) is 0 Å². The van der Waals surface area contributed by atoms with Crippen molar-refractivity contribution in [1.82, 2.24) is 15.1 Å². The standard InChI is InChI=1S/C21H31N3O5S/c1-5-17(20(27)28)24-19(26)16(6-11-30-4)22-21(24)7-9-23(10-8-21)18(25)15-12-13(2)29-14(15)3/h12,16-17,22H,5-11H2,1-4H3,(H,27,28). The zero-order valence-electron chi connectivity index (χ0n) is 18.1. The number of piperidine rings is 1. The van der Waals surface area contributed by atoms with Crippen LogP contribution in [0.15, 0.2) is 10.5 Å². The van der Waals surface area contributed by atoms with Gasteiger partial charge in [0.25, 0.3) is 5.91 Å². The van der Waals surface area contributed by atoms with Gasteiger partial charge in [-0.3, -0.25) is 14.9 Å². The lowest BCUT2D eigenvalue weighted by molar-refractivity contribution is -0.154. The number of carboxylic acids is 1. The molecule has 2 aliphatic rings. The summed E-state index contributed by atoms with van der Waals surface area (Å²) in [6.45, 7) is 6.28. The first-order valence-electron chi connectivity index (χ1n) is 10.4. The minimum Gasteiger partial charge on any atom is -0.480 e. The molecule has 2 amide bonds. The third-order valence-electron chi connectivity index (χ3n) is 6.18. The Hall–Kier alpha value is -2.00. The van der Waals surface area contributed by atoms with Crippen molar-refractivity contribution in [3.8, 4) is 0 Å². The van der Waals surface area contributed by atoms with Gasteiger partial charge in [-0.25, -0.2) is 4.79 Å². The summed E-state index contributed by atoms with van der Waals surface area (Å²) in [4.78, 5) is 41.4. The number of thioether (sulfide) groups is 1. The SMILES string of the molecule is CCC(C(=O)O)N1C(=O)C(CCSC)NC12CCN(C(=O)c1cc(C)oc1C)CC2. The number of furan rings is 1. The van der Waals surface area contributed by atoms with Gasteiger partial charge in [-0.1, -0.05) is 6.92 Å². The van der Waals surface area contributed by atoms with E-state index in [0.29, 0.717) is 55.9 Å². The predicted molar refractivity (Wildman–Crippen MR) is 115 cm³/mol. The molecule has 1 aromatic heterocycles. The lowest BCUT2D eigenvalue weighted by atomic mass is 9.93. The summed E-state index contributed by atoms with van der Waals surface area (Å²) in [6.07, 6.45) is 3.99. The second kappa shape index (κ2) is 9.01. The third-order valence-corrected chi connectivity index (χ3v) is 6.83. The maximum atomic E-state index is 13.2. The Bertz CT molecular complexity index is 816. The highest BCUT2D eigenvalue weighted by Crippen LogP contribution is 2.36. The highest BCUT2D eigenvalue weighted by molar-refractivity contribution is 7.98. The van der Waals surface area contributed by atoms with Crippen LogP contribution >= 0.6 is 11.8 Å². The number of rotatable bonds is 7. The molecule has 0 radical (unpaired) electrons. The minimum atomic E-state index is -0.986. The van der Waals surface area contributed by atoms with Crippen molar-refractivity contribution in [3.05, 3.63) is 23.2 Å². The summed E-state index contributed by atoms with van der Waals surface area (Å²) in [5.74, 6) is 0.908. The van der Waals surface area contributed by atoms with E-state index in [1.165, 1.54) is 0 Å². The lowest BCUT2D eigenvalue weighted by Gasteiger charge is -2.46. The van der Waals surface area contributed by atoms with Crippen molar-refractivity contribution in [3.63, 3.8) is 0 Å². The normalized spacial score (nSPS) is 22.0.